The number of amides is 3. The van der Waals surface area contributed by atoms with Crippen LogP contribution in [0.5, 0.6) is 5.75 Å². The Morgan fingerprint density at radius 1 is 1.04 bits per heavy atom. The molecule has 0 bridgehead atoms. The highest BCUT2D eigenvalue weighted by Crippen LogP contribution is 2.43. The zero-order valence-electron chi connectivity index (χ0n) is 24.3. The Morgan fingerprint density at radius 3 is 2.33 bits per heavy atom. The second kappa shape index (κ2) is 12.9. The van der Waals surface area contributed by atoms with E-state index in [4.69, 9.17) is 10.5 Å². The molecular weight excluding hydrogens is 614 g/mol. The first kappa shape index (κ1) is 32.9. The van der Waals surface area contributed by atoms with Gasteiger partial charge in [-0.3, -0.25) is 19.2 Å². The predicted molar refractivity (Wildman–Crippen MR) is 158 cm³/mol. The summed E-state index contributed by atoms with van der Waals surface area (Å²) < 4.78 is 60.1. The van der Waals surface area contributed by atoms with Crippen molar-refractivity contribution < 1.29 is 46.2 Å². The van der Waals surface area contributed by atoms with Gasteiger partial charge in [-0.15, -0.1) is 0 Å². The number of likely N-dealkylation sites (tertiary alicyclic amines) is 1. The Labute approximate surface area is 257 Å². The number of ether oxygens (including phenoxy) is 1. The van der Waals surface area contributed by atoms with Crippen LogP contribution in [0.3, 0.4) is 0 Å². The van der Waals surface area contributed by atoms with Crippen LogP contribution in [0, 0.1) is 17.6 Å². The number of nitrogens with one attached hydrogen (secondary N) is 2. The lowest BCUT2D eigenvalue weighted by atomic mass is 9.92. The molecule has 3 aromatic carbocycles. The Morgan fingerprint density at radius 2 is 1.73 bits per heavy atom. The van der Waals surface area contributed by atoms with Crippen LogP contribution < -0.4 is 21.1 Å². The highest BCUT2D eigenvalue weighted by atomic mass is 32.2. The summed E-state index contributed by atoms with van der Waals surface area (Å²) in [6.45, 7) is 1.07. The number of carbonyl (C=O) groups excluding carboxylic acids is 3. The molecule has 238 valence electrons. The molecule has 3 aromatic rings. The van der Waals surface area contributed by atoms with E-state index < -0.39 is 63.2 Å². The molecule has 0 spiro atoms. The van der Waals surface area contributed by atoms with E-state index in [2.05, 4.69) is 10.6 Å². The van der Waals surface area contributed by atoms with Crippen molar-refractivity contribution in [1.29, 1.82) is 0 Å². The zero-order chi connectivity index (χ0) is 33.2. The number of aliphatic carboxylic acids is 1. The van der Waals surface area contributed by atoms with E-state index in [9.17, 15) is 41.5 Å². The summed E-state index contributed by atoms with van der Waals surface area (Å²) in [5, 5.41) is 15.4. The van der Waals surface area contributed by atoms with Gasteiger partial charge in [0, 0.05) is 31.0 Å². The lowest BCUT2D eigenvalue weighted by molar-refractivity contribution is -0.143. The number of anilines is 2. The Kier molecular flexibility index (Phi) is 9.42. The fraction of sp³-hybridized carbons (Fsp3) is 0.267. The Hall–Kier alpha value is -5.05. The molecule has 3 atom stereocenters. The predicted octanol–water partition coefficient (Wildman–Crippen LogP) is 3.26. The first-order valence-electron chi connectivity index (χ1n) is 13.5. The molecule has 15 heteroatoms. The monoisotopic (exact) mass is 644 g/mol. The molecule has 0 aliphatic carbocycles. The number of nitrogens with zero attached hydrogens (tertiary/aromatic N) is 1. The number of halogens is 2. The van der Waals surface area contributed by atoms with Gasteiger partial charge in [0.1, 0.15) is 11.9 Å². The van der Waals surface area contributed by atoms with Gasteiger partial charge < -0.3 is 31.1 Å². The Bertz CT molecular complexity index is 1800. The van der Waals surface area contributed by atoms with Gasteiger partial charge in [0.2, 0.25) is 17.7 Å². The maximum absolute atomic E-state index is 15.0. The smallest absolute Gasteiger partial charge is 0.309 e. The average Bonchev–Trinajstić information content (AvgIpc) is 3.41. The van der Waals surface area contributed by atoms with E-state index in [0.717, 1.165) is 35.4 Å². The molecule has 0 unspecified atom stereocenters. The number of carbonyl (C=O) groups is 4. The number of carboxylic acid groups (broad SMARTS) is 1. The summed E-state index contributed by atoms with van der Waals surface area (Å²) in [5.41, 5.74) is 5.14. The van der Waals surface area contributed by atoms with Gasteiger partial charge in [-0.2, -0.15) is 0 Å². The van der Waals surface area contributed by atoms with Gasteiger partial charge >= 0.3 is 5.97 Å². The molecule has 0 aromatic heterocycles. The van der Waals surface area contributed by atoms with Gasteiger partial charge in [-0.25, -0.2) is 17.2 Å². The van der Waals surface area contributed by atoms with E-state index in [-0.39, 0.29) is 51.7 Å². The lowest BCUT2D eigenvalue weighted by Gasteiger charge is -2.32. The number of nitrogens with two attached hydrogens (primary N) is 1. The second-order valence-electron chi connectivity index (χ2n) is 10.4. The molecule has 1 saturated heterocycles. The number of hydrogen-bond donors (Lipinski definition) is 4. The SMILES string of the molecule is COc1cc([C@@H](Nc2cc(C(N)=O)ccc2F)C(=O)N2CC[C@H](C(=O)O)[C@H]2c2cc(NC(C)=O)ccc2S(C)(=O)=O)ccc1F. The fourth-order valence-electron chi connectivity index (χ4n) is 5.34. The third-order valence-corrected chi connectivity index (χ3v) is 8.52. The topological polar surface area (TPSA) is 185 Å². The molecule has 45 heavy (non-hydrogen) atoms. The third-order valence-electron chi connectivity index (χ3n) is 7.35. The molecule has 4 rings (SSSR count). The summed E-state index contributed by atoms with van der Waals surface area (Å²) >= 11 is 0. The first-order valence-corrected chi connectivity index (χ1v) is 15.4. The molecule has 0 radical (unpaired) electrons. The maximum atomic E-state index is 15.0. The van der Waals surface area contributed by atoms with Crippen LogP contribution in [-0.2, 0) is 24.2 Å². The van der Waals surface area contributed by atoms with Crippen molar-refractivity contribution in [1.82, 2.24) is 4.90 Å². The summed E-state index contributed by atoms with van der Waals surface area (Å²) in [6, 6.07) is 7.60. The van der Waals surface area contributed by atoms with Crippen molar-refractivity contribution in [3.8, 4) is 5.75 Å². The standard InChI is InChI=1S/C30H30F2N4O8S/c1-15(37)34-18-6-9-25(45(3,42)43)20(14-18)27-19(30(40)41)10-11-36(27)29(39)26(16-4-8-22(32)24(13-16)44-2)35-23-12-17(28(33)38)5-7-21(23)31/h4-9,12-14,19,26-27,35H,10-11H2,1-3H3,(H2,33,38)(H,34,37)(H,40,41)/t19-,26+,27-/m0/s1. The summed E-state index contributed by atoms with van der Waals surface area (Å²) in [7, 11) is -2.78. The minimum Gasteiger partial charge on any atom is -0.494 e. The third kappa shape index (κ3) is 7.03. The average molecular weight is 645 g/mol. The van der Waals surface area contributed by atoms with Crippen molar-refractivity contribution in [2.45, 2.75) is 30.3 Å². The van der Waals surface area contributed by atoms with Crippen molar-refractivity contribution in [2.75, 3.05) is 30.5 Å². The van der Waals surface area contributed by atoms with E-state index in [1.165, 1.54) is 44.4 Å². The number of hydrogen-bond acceptors (Lipinski definition) is 8. The van der Waals surface area contributed by atoms with Crippen LogP contribution in [-0.4, -0.2) is 62.0 Å². The molecule has 1 aliphatic rings. The normalized spacial score (nSPS) is 17.0. The van der Waals surface area contributed by atoms with E-state index in [0.29, 0.717) is 0 Å². The quantitative estimate of drug-likeness (QED) is 0.257. The molecule has 3 amide bonds. The number of benzene rings is 3. The number of carboxylic acids is 1. The minimum atomic E-state index is -3.98. The van der Waals surface area contributed by atoms with Gasteiger partial charge in [0.25, 0.3) is 0 Å². The number of sulfone groups is 1. The van der Waals surface area contributed by atoms with Crippen molar-refractivity contribution in [3.05, 3.63) is 82.9 Å². The summed E-state index contributed by atoms with van der Waals surface area (Å²) in [4.78, 5) is 51.3. The van der Waals surface area contributed by atoms with Crippen molar-refractivity contribution in [2.24, 2.45) is 11.7 Å². The number of methoxy groups -OCH3 is 1. The highest BCUT2D eigenvalue weighted by molar-refractivity contribution is 7.90. The molecule has 0 saturated carbocycles. The van der Waals surface area contributed by atoms with E-state index >= 15 is 0 Å². The van der Waals surface area contributed by atoms with Crippen molar-refractivity contribution in [3.63, 3.8) is 0 Å². The van der Waals surface area contributed by atoms with Gasteiger partial charge in [-0.1, -0.05) is 6.07 Å². The van der Waals surface area contributed by atoms with Crippen LogP contribution in [0.4, 0.5) is 20.2 Å². The van der Waals surface area contributed by atoms with Crippen LogP contribution >= 0.6 is 0 Å². The molecule has 1 fully saturated rings. The zero-order valence-corrected chi connectivity index (χ0v) is 25.2. The van der Waals surface area contributed by atoms with E-state index in [1.807, 2.05) is 0 Å². The fourth-order valence-corrected chi connectivity index (χ4v) is 6.26. The van der Waals surface area contributed by atoms with Crippen LogP contribution in [0.2, 0.25) is 0 Å². The van der Waals surface area contributed by atoms with Crippen molar-refractivity contribution >= 4 is 44.9 Å². The van der Waals surface area contributed by atoms with Gasteiger partial charge in [0.15, 0.2) is 21.4 Å². The Balaban J connectivity index is 1.91. The van der Waals surface area contributed by atoms with Gasteiger partial charge in [0.05, 0.1) is 29.7 Å². The molecule has 1 heterocycles. The second-order valence-corrected chi connectivity index (χ2v) is 12.4. The van der Waals surface area contributed by atoms with Crippen LogP contribution in [0.1, 0.15) is 46.9 Å². The van der Waals surface area contributed by atoms with E-state index in [1.54, 1.807) is 0 Å². The maximum Gasteiger partial charge on any atom is 0.309 e. The van der Waals surface area contributed by atoms with Crippen LogP contribution in [0.25, 0.3) is 0 Å². The number of rotatable bonds is 10. The van der Waals surface area contributed by atoms with Crippen LogP contribution in [0.15, 0.2) is 59.5 Å². The molecule has 12 nitrogen and oxygen atoms in total. The largest absolute Gasteiger partial charge is 0.494 e. The summed E-state index contributed by atoms with van der Waals surface area (Å²) in [6.07, 6.45) is 0.842. The van der Waals surface area contributed by atoms with Gasteiger partial charge in [-0.05, 0) is 66.1 Å². The number of primary amides is 1. The highest BCUT2D eigenvalue weighted by Gasteiger charge is 2.46. The minimum absolute atomic E-state index is 0.0562. The lowest BCUT2D eigenvalue weighted by Crippen LogP contribution is -2.40. The molecule has 5 N–H and O–H groups in total. The summed E-state index contributed by atoms with van der Waals surface area (Å²) in [5.74, 6) is -6.64. The molecular formula is C30H30F2N4O8S. The molecule has 1 aliphatic heterocycles. The first-order chi connectivity index (χ1) is 21.1.